The summed E-state index contributed by atoms with van der Waals surface area (Å²) < 4.78 is 13.1. The number of nitrogens with zero attached hydrogens (tertiary/aromatic N) is 1. The van der Waals surface area contributed by atoms with E-state index in [0.717, 1.165) is 25.3 Å². The van der Waals surface area contributed by atoms with Gasteiger partial charge in [0.05, 0.1) is 0 Å². The number of benzene rings is 1. The van der Waals surface area contributed by atoms with Gasteiger partial charge in [-0.15, -0.1) is 0 Å². The Kier molecular flexibility index (Phi) is 3.44. The Balaban J connectivity index is 1.99. The summed E-state index contributed by atoms with van der Waals surface area (Å²) in [6, 6.07) is 6.79. The van der Waals surface area contributed by atoms with E-state index in [-0.39, 0.29) is 5.82 Å². The summed E-state index contributed by atoms with van der Waals surface area (Å²) in [6.45, 7) is 5.42. The van der Waals surface area contributed by atoms with E-state index in [1.807, 2.05) is 13.1 Å². The van der Waals surface area contributed by atoms with E-state index >= 15 is 0 Å². The highest BCUT2D eigenvalue weighted by atomic mass is 19.1. The molecule has 0 spiro atoms. The van der Waals surface area contributed by atoms with Crippen molar-refractivity contribution in [1.29, 1.82) is 0 Å². The van der Waals surface area contributed by atoms with Crippen molar-refractivity contribution >= 4 is 5.69 Å². The van der Waals surface area contributed by atoms with Gasteiger partial charge in [0.15, 0.2) is 0 Å². The second-order valence-electron chi connectivity index (χ2n) is 4.76. The molecule has 88 valence electrons. The molecular formula is C13H19FN2. The van der Waals surface area contributed by atoms with Gasteiger partial charge in [-0.25, -0.2) is 4.39 Å². The molecule has 2 nitrogen and oxygen atoms in total. The molecule has 2 rings (SSSR count). The lowest BCUT2D eigenvalue weighted by Gasteiger charge is -2.25. The maximum Gasteiger partial charge on any atom is 0.125 e. The molecule has 2 atom stereocenters. The van der Waals surface area contributed by atoms with Gasteiger partial charge in [-0.05, 0) is 43.1 Å². The molecule has 1 aromatic carbocycles. The summed E-state index contributed by atoms with van der Waals surface area (Å²) in [5.41, 5.74) is 0.958. The molecule has 1 fully saturated rings. The second kappa shape index (κ2) is 4.83. The largest absolute Gasteiger partial charge is 0.374 e. The van der Waals surface area contributed by atoms with Crippen LogP contribution < -0.4 is 10.2 Å². The van der Waals surface area contributed by atoms with Crippen LogP contribution in [0.1, 0.15) is 6.92 Å². The van der Waals surface area contributed by atoms with E-state index in [1.54, 1.807) is 12.1 Å². The van der Waals surface area contributed by atoms with Gasteiger partial charge in [0, 0.05) is 19.3 Å². The zero-order valence-electron chi connectivity index (χ0n) is 9.91. The zero-order valence-corrected chi connectivity index (χ0v) is 9.91. The molecule has 1 aliphatic heterocycles. The van der Waals surface area contributed by atoms with Crippen LogP contribution >= 0.6 is 0 Å². The van der Waals surface area contributed by atoms with E-state index in [4.69, 9.17) is 0 Å². The van der Waals surface area contributed by atoms with Crippen molar-refractivity contribution < 1.29 is 4.39 Å². The van der Waals surface area contributed by atoms with E-state index in [1.165, 1.54) is 6.07 Å². The van der Waals surface area contributed by atoms with Gasteiger partial charge in [0.1, 0.15) is 5.82 Å². The number of anilines is 1. The van der Waals surface area contributed by atoms with Crippen LogP contribution in [0.5, 0.6) is 0 Å². The molecule has 16 heavy (non-hydrogen) atoms. The lowest BCUT2D eigenvalue weighted by atomic mass is 9.97. The third-order valence-corrected chi connectivity index (χ3v) is 3.43. The fourth-order valence-electron chi connectivity index (χ4n) is 2.28. The standard InChI is InChI=1S/C13H19FN2/c1-10-7-15-8-11(10)9-16(2)13-5-3-4-12(14)6-13/h3-6,10-11,15H,7-9H2,1-2H3. The predicted molar refractivity (Wildman–Crippen MR) is 65.2 cm³/mol. The molecule has 0 aromatic heterocycles. The van der Waals surface area contributed by atoms with Crippen molar-refractivity contribution in [1.82, 2.24) is 5.32 Å². The van der Waals surface area contributed by atoms with Gasteiger partial charge in [0.25, 0.3) is 0 Å². The van der Waals surface area contributed by atoms with E-state index < -0.39 is 0 Å². The molecule has 1 N–H and O–H groups in total. The molecule has 0 saturated carbocycles. The first-order chi connectivity index (χ1) is 7.66. The maximum absolute atomic E-state index is 13.1. The molecule has 0 bridgehead atoms. The Hall–Kier alpha value is -1.09. The molecular weight excluding hydrogens is 203 g/mol. The molecule has 0 radical (unpaired) electrons. The third-order valence-electron chi connectivity index (χ3n) is 3.43. The highest BCUT2D eigenvalue weighted by Gasteiger charge is 2.24. The minimum atomic E-state index is -0.165. The average molecular weight is 222 g/mol. The van der Waals surface area contributed by atoms with Crippen molar-refractivity contribution in [2.75, 3.05) is 31.6 Å². The van der Waals surface area contributed by atoms with Crippen LogP contribution in [0.4, 0.5) is 10.1 Å². The first-order valence-electron chi connectivity index (χ1n) is 5.84. The molecule has 3 heteroatoms. The highest BCUT2D eigenvalue weighted by molar-refractivity contribution is 5.45. The second-order valence-corrected chi connectivity index (χ2v) is 4.76. The Morgan fingerprint density at radius 2 is 2.25 bits per heavy atom. The normalized spacial score (nSPS) is 24.7. The zero-order chi connectivity index (χ0) is 11.5. The van der Waals surface area contributed by atoms with Crippen LogP contribution in [0.3, 0.4) is 0 Å². The smallest absolute Gasteiger partial charge is 0.125 e. The SMILES string of the molecule is CC1CNCC1CN(C)c1cccc(F)c1. The van der Waals surface area contributed by atoms with Crippen LogP contribution in [0.2, 0.25) is 0 Å². The van der Waals surface area contributed by atoms with Gasteiger partial charge < -0.3 is 10.2 Å². The summed E-state index contributed by atoms with van der Waals surface area (Å²) in [5, 5.41) is 3.39. The monoisotopic (exact) mass is 222 g/mol. The maximum atomic E-state index is 13.1. The highest BCUT2D eigenvalue weighted by Crippen LogP contribution is 2.20. The Morgan fingerprint density at radius 1 is 1.44 bits per heavy atom. The molecule has 0 aliphatic carbocycles. The number of rotatable bonds is 3. The van der Waals surface area contributed by atoms with Crippen LogP contribution in [0.25, 0.3) is 0 Å². The minimum absolute atomic E-state index is 0.165. The fraction of sp³-hybridized carbons (Fsp3) is 0.538. The molecule has 1 saturated heterocycles. The molecule has 2 unspecified atom stereocenters. The van der Waals surface area contributed by atoms with Crippen LogP contribution in [0.15, 0.2) is 24.3 Å². The van der Waals surface area contributed by atoms with Gasteiger partial charge >= 0.3 is 0 Å². The molecule has 1 heterocycles. The van der Waals surface area contributed by atoms with Crippen molar-refractivity contribution in [3.05, 3.63) is 30.1 Å². The summed E-state index contributed by atoms with van der Waals surface area (Å²) in [6.07, 6.45) is 0. The van der Waals surface area contributed by atoms with Crippen molar-refractivity contribution in [3.8, 4) is 0 Å². The number of halogens is 1. The topological polar surface area (TPSA) is 15.3 Å². The van der Waals surface area contributed by atoms with E-state index in [2.05, 4.69) is 17.1 Å². The first kappa shape index (κ1) is 11.4. The van der Waals surface area contributed by atoms with Gasteiger partial charge in [-0.2, -0.15) is 0 Å². The number of hydrogen-bond donors (Lipinski definition) is 1. The average Bonchev–Trinajstić information content (AvgIpc) is 2.64. The fourth-order valence-corrected chi connectivity index (χ4v) is 2.28. The third kappa shape index (κ3) is 2.53. The predicted octanol–water partition coefficient (Wildman–Crippen LogP) is 2.12. The quantitative estimate of drug-likeness (QED) is 0.842. The lowest BCUT2D eigenvalue weighted by Crippen LogP contribution is -2.29. The molecule has 1 aromatic rings. The minimum Gasteiger partial charge on any atom is -0.374 e. The first-order valence-corrected chi connectivity index (χ1v) is 5.84. The Bertz CT molecular complexity index is 354. The van der Waals surface area contributed by atoms with E-state index in [9.17, 15) is 4.39 Å². The number of hydrogen-bond acceptors (Lipinski definition) is 2. The van der Waals surface area contributed by atoms with Crippen LogP contribution in [-0.4, -0.2) is 26.7 Å². The Labute approximate surface area is 96.5 Å². The summed E-state index contributed by atoms with van der Waals surface area (Å²) in [4.78, 5) is 2.14. The van der Waals surface area contributed by atoms with Crippen molar-refractivity contribution in [2.24, 2.45) is 11.8 Å². The van der Waals surface area contributed by atoms with E-state index in [0.29, 0.717) is 11.8 Å². The van der Waals surface area contributed by atoms with Crippen LogP contribution in [-0.2, 0) is 0 Å². The molecule has 1 aliphatic rings. The van der Waals surface area contributed by atoms with Crippen LogP contribution in [0, 0.1) is 17.7 Å². The van der Waals surface area contributed by atoms with Gasteiger partial charge in [0.2, 0.25) is 0 Å². The number of nitrogens with one attached hydrogen (secondary N) is 1. The summed E-state index contributed by atoms with van der Waals surface area (Å²) >= 11 is 0. The Morgan fingerprint density at radius 3 is 2.88 bits per heavy atom. The molecule has 0 amide bonds. The summed E-state index contributed by atoms with van der Waals surface area (Å²) in [5.74, 6) is 1.20. The van der Waals surface area contributed by atoms with Crippen molar-refractivity contribution in [3.63, 3.8) is 0 Å². The van der Waals surface area contributed by atoms with Crippen molar-refractivity contribution in [2.45, 2.75) is 6.92 Å². The van der Waals surface area contributed by atoms with Gasteiger partial charge in [-0.1, -0.05) is 13.0 Å². The summed E-state index contributed by atoms with van der Waals surface area (Å²) in [7, 11) is 2.03. The van der Waals surface area contributed by atoms with Gasteiger partial charge in [-0.3, -0.25) is 0 Å². The lowest BCUT2D eigenvalue weighted by molar-refractivity contribution is 0.455.